The first-order valence-corrected chi connectivity index (χ1v) is 14.7. The normalized spacial score (nSPS) is 15.2. The average molecular weight is 655 g/mol. The van der Waals surface area contributed by atoms with Crippen LogP contribution in [-0.2, 0) is 15.3 Å². The Hall–Kier alpha value is -4.00. The maximum atomic E-state index is 13.5. The molecule has 0 aliphatic carbocycles. The van der Waals surface area contributed by atoms with Crippen molar-refractivity contribution in [1.82, 2.24) is 10.2 Å². The predicted octanol–water partition coefficient (Wildman–Crippen LogP) is 6.63. The fraction of sp³-hybridized carbons (Fsp3) is 0.103. The van der Waals surface area contributed by atoms with Crippen molar-refractivity contribution in [3.63, 3.8) is 0 Å². The Morgan fingerprint density at radius 3 is 2.59 bits per heavy atom. The zero-order valence-corrected chi connectivity index (χ0v) is 24.5. The van der Waals surface area contributed by atoms with Crippen molar-refractivity contribution in [2.75, 3.05) is 12.0 Å². The van der Waals surface area contributed by atoms with E-state index in [9.17, 15) is 24.2 Å². The first-order chi connectivity index (χ1) is 19.8. The molecule has 4 aromatic rings. The molecule has 1 unspecified atom stereocenters. The summed E-state index contributed by atoms with van der Waals surface area (Å²) in [5.74, 6) is -2.00. The number of aromatic hydroxyl groups is 1. The van der Waals surface area contributed by atoms with E-state index in [2.05, 4.69) is 26.1 Å². The second-order valence-corrected chi connectivity index (χ2v) is 11.8. The number of phenolic OH excluding ortho intramolecular Hbond substituents is 1. The number of benzene rings is 3. The van der Waals surface area contributed by atoms with Gasteiger partial charge in [-0.15, -0.1) is 10.2 Å². The van der Waals surface area contributed by atoms with E-state index in [4.69, 9.17) is 4.74 Å². The van der Waals surface area contributed by atoms with Crippen LogP contribution in [0.2, 0.25) is 0 Å². The molecule has 0 radical (unpaired) electrons. The van der Waals surface area contributed by atoms with E-state index in [0.29, 0.717) is 15.7 Å². The maximum Gasteiger partial charge on any atom is 0.296 e. The summed E-state index contributed by atoms with van der Waals surface area (Å²) < 4.78 is 19.3. The molecule has 0 fully saturated rings. The molecule has 0 bridgehead atoms. The third kappa shape index (κ3) is 6.04. The van der Waals surface area contributed by atoms with E-state index < -0.39 is 23.5 Å². The van der Waals surface area contributed by atoms with Gasteiger partial charge in [-0.25, -0.2) is 4.39 Å². The van der Waals surface area contributed by atoms with Crippen molar-refractivity contribution < 1.29 is 28.9 Å². The van der Waals surface area contributed by atoms with Crippen LogP contribution < -0.4 is 9.64 Å². The zero-order chi connectivity index (χ0) is 29.1. The lowest BCUT2D eigenvalue weighted by atomic mass is 9.95. The first kappa shape index (κ1) is 28.5. The lowest BCUT2D eigenvalue weighted by Crippen LogP contribution is -2.31. The molecule has 1 aliphatic rings. The lowest BCUT2D eigenvalue weighted by Gasteiger charge is -2.24. The van der Waals surface area contributed by atoms with E-state index >= 15 is 0 Å². The number of amides is 1. The monoisotopic (exact) mass is 653 g/mol. The minimum atomic E-state index is -1.09. The number of ketones is 1. The maximum absolute atomic E-state index is 13.5. The molecule has 8 nitrogen and oxygen atoms in total. The highest BCUT2D eigenvalue weighted by molar-refractivity contribution is 9.10. The Balaban J connectivity index is 1.51. The molecule has 5 rings (SSSR count). The second kappa shape index (κ2) is 12.2. The fourth-order valence-electron chi connectivity index (χ4n) is 4.19. The Kier molecular flexibility index (Phi) is 8.52. The van der Waals surface area contributed by atoms with Crippen molar-refractivity contribution in [1.29, 1.82) is 0 Å². The minimum Gasteiger partial charge on any atom is -0.503 e. The van der Waals surface area contributed by atoms with Gasteiger partial charge in [0.15, 0.2) is 27.4 Å². The quantitative estimate of drug-likeness (QED) is 0.118. The number of allylic oxidation sites excluding steroid dienone is 1. The predicted molar refractivity (Wildman–Crippen MR) is 159 cm³/mol. The number of methoxy groups -OCH3 is 1. The first-order valence-electron chi connectivity index (χ1n) is 12.1. The van der Waals surface area contributed by atoms with Crippen molar-refractivity contribution in [2.45, 2.75) is 16.1 Å². The molecular formula is C29H21BrFN3O5S2. The summed E-state index contributed by atoms with van der Waals surface area (Å²) >= 11 is 5.76. The molecule has 2 heterocycles. The molecule has 0 saturated carbocycles. The van der Waals surface area contributed by atoms with Crippen LogP contribution in [0.15, 0.2) is 93.0 Å². The standard InChI is InChI=1S/C29H21BrFN3O5S2/c1-39-22-14-18(13-20(30)25(22)36)24-23(21(35)12-9-16-5-3-2-4-6-16)26(37)27(38)34(24)28-32-33-29(41-28)40-15-17-7-10-19(31)11-8-17/h2-14,24,36-37H,15H2,1H3. The molecule has 208 valence electrons. The van der Waals surface area contributed by atoms with Gasteiger partial charge >= 0.3 is 0 Å². The number of hydrogen-bond donors (Lipinski definition) is 2. The zero-order valence-electron chi connectivity index (χ0n) is 21.3. The van der Waals surface area contributed by atoms with Gasteiger partial charge in [0.1, 0.15) is 5.82 Å². The van der Waals surface area contributed by atoms with E-state index in [-0.39, 0.29) is 32.5 Å². The number of carbonyl (C=O) groups is 2. The molecule has 2 N–H and O–H groups in total. The summed E-state index contributed by atoms with van der Waals surface area (Å²) in [6, 6.07) is 17.2. The average Bonchev–Trinajstić information content (AvgIpc) is 3.55. The number of aliphatic hydroxyl groups excluding tert-OH is 1. The molecule has 0 spiro atoms. The number of anilines is 1. The summed E-state index contributed by atoms with van der Waals surface area (Å²) in [5.41, 5.74) is 1.87. The summed E-state index contributed by atoms with van der Waals surface area (Å²) in [7, 11) is 1.38. The third-order valence-electron chi connectivity index (χ3n) is 6.16. The highest BCUT2D eigenvalue weighted by atomic mass is 79.9. The fourth-order valence-corrected chi connectivity index (χ4v) is 6.47. The molecule has 1 aliphatic heterocycles. The summed E-state index contributed by atoms with van der Waals surface area (Å²) in [6.45, 7) is 0. The molecule has 1 aromatic heterocycles. The van der Waals surface area contributed by atoms with Crippen LogP contribution in [0, 0.1) is 5.82 Å². The number of nitrogens with zero attached hydrogens (tertiary/aromatic N) is 3. The summed E-state index contributed by atoms with van der Waals surface area (Å²) in [4.78, 5) is 28.1. The van der Waals surface area contributed by atoms with Gasteiger partial charge in [0.2, 0.25) is 5.13 Å². The lowest BCUT2D eigenvalue weighted by molar-refractivity contribution is -0.117. The molecule has 12 heteroatoms. The van der Waals surface area contributed by atoms with Gasteiger partial charge in [-0.2, -0.15) is 0 Å². The van der Waals surface area contributed by atoms with Crippen molar-refractivity contribution in [3.05, 3.63) is 111 Å². The largest absolute Gasteiger partial charge is 0.503 e. The second-order valence-electron chi connectivity index (χ2n) is 8.77. The van der Waals surface area contributed by atoms with Gasteiger partial charge in [0.25, 0.3) is 5.91 Å². The number of rotatable bonds is 9. The smallest absolute Gasteiger partial charge is 0.296 e. The van der Waals surface area contributed by atoms with Gasteiger partial charge in [0, 0.05) is 5.75 Å². The van der Waals surface area contributed by atoms with Crippen LogP contribution in [0.4, 0.5) is 9.52 Å². The summed E-state index contributed by atoms with van der Waals surface area (Å²) in [6.07, 6.45) is 2.89. The minimum absolute atomic E-state index is 0.104. The van der Waals surface area contributed by atoms with Crippen molar-refractivity contribution in [2.24, 2.45) is 0 Å². The Morgan fingerprint density at radius 1 is 1.15 bits per heavy atom. The van der Waals surface area contributed by atoms with Crippen LogP contribution >= 0.6 is 39.0 Å². The number of thioether (sulfide) groups is 1. The number of ether oxygens (including phenoxy) is 1. The highest BCUT2D eigenvalue weighted by Crippen LogP contribution is 2.46. The summed E-state index contributed by atoms with van der Waals surface area (Å²) in [5, 5.41) is 29.9. The molecule has 3 aromatic carbocycles. The van der Waals surface area contributed by atoms with Crippen molar-refractivity contribution in [3.8, 4) is 11.5 Å². The van der Waals surface area contributed by atoms with E-state index in [1.54, 1.807) is 24.3 Å². The van der Waals surface area contributed by atoms with E-state index in [1.165, 1.54) is 48.0 Å². The molecule has 1 amide bonds. The molecular weight excluding hydrogens is 633 g/mol. The Morgan fingerprint density at radius 2 is 1.88 bits per heavy atom. The molecule has 41 heavy (non-hydrogen) atoms. The number of halogens is 2. The van der Waals surface area contributed by atoms with Crippen LogP contribution in [0.1, 0.15) is 22.7 Å². The van der Waals surface area contributed by atoms with Crippen LogP contribution in [0.3, 0.4) is 0 Å². The van der Waals surface area contributed by atoms with Gasteiger partial charge < -0.3 is 14.9 Å². The molecule has 0 saturated heterocycles. The van der Waals surface area contributed by atoms with E-state index in [1.807, 2.05) is 30.3 Å². The van der Waals surface area contributed by atoms with Crippen LogP contribution in [-0.4, -0.2) is 39.2 Å². The number of aliphatic hydroxyl groups is 1. The van der Waals surface area contributed by atoms with Gasteiger partial charge in [0.05, 0.1) is 23.2 Å². The number of hydrogen-bond acceptors (Lipinski definition) is 9. The SMILES string of the molecule is COc1cc(C2C(C(=O)C=Cc3ccccc3)=C(O)C(=O)N2c2nnc(SCc3ccc(F)cc3)s2)cc(Br)c1O. The van der Waals surface area contributed by atoms with Crippen molar-refractivity contribution >= 4 is 61.9 Å². The Bertz CT molecular complexity index is 1680. The van der Waals surface area contributed by atoms with Crippen LogP contribution in [0.5, 0.6) is 11.5 Å². The highest BCUT2D eigenvalue weighted by Gasteiger charge is 2.45. The van der Waals surface area contributed by atoms with E-state index in [0.717, 1.165) is 22.5 Å². The Labute approximate surface area is 250 Å². The topological polar surface area (TPSA) is 113 Å². The van der Waals surface area contributed by atoms with Gasteiger partial charge in [-0.3, -0.25) is 14.5 Å². The number of aromatic nitrogens is 2. The van der Waals surface area contributed by atoms with Crippen LogP contribution in [0.25, 0.3) is 6.08 Å². The van der Waals surface area contributed by atoms with Gasteiger partial charge in [-0.1, -0.05) is 71.6 Å². The molecule has 1 atom stereocenters. The van der Waals surface area contributed by atoms with Gasteiger partial charge in [-0.05, 0) is 63.0 Å². The third-order valence-corrected chi connectivity index (χ3v) is 8.90. The number of phenols is 1. The number of carbonyl (C=O) groups excluding carboxylic acids is 2.